The van der Waals surface area contributed by atoms with Crippen LogP contribution in [0, 0.1) is 0 Å². The van der Waals surface area contributed by atoms with Crippen LogP contribution in [0.1, 0.15) is 65.7 Å². The smallest absolute Gasteiger partial charge is 0.0806 e. The summed E-state index contributed by atoms with van der Waals surface area (Å²) in [7, 11) is 0. The van der Waals surface area contributed by atoms with Gasteiger partial charge in [0.15, 0.2) is 0 Å². The van der Waals surface area contributed by atoms with E-state index in [0.29, 0.717) is 6.04 Å². The van der Waals surface area contributed by atoms with Gasteiger partial charge in [-0.05, 0) is 45.6 Å². The maximum atomic E-state index is 6.06. The topological polar surface area (TPSA) is 21.3 Å². The molecular formula is C14H29NO. The van der Waals surface area contributed by atoms with Crippen LogP contribution in [-0.4, -0.2) is 24.8 Å². The van der Waals surface area contributed by atoms with E-state index < -0.39 is 0 Å². The van der Waals surface area contributed by atoms with E-state index in [9.17, 15) is 0 Å². The van der Waals surface area contributed by atoms with Crippen molar-refractivity contribution in [3.63, 3.8) is 0 Å². The van der Waals surface area contributed by atoms with Crippen molar-refractivity contribution in [2.24, 2.45) is 0 Å². The van der Waals surface area contributed by atoms with E-state index in [4.69, 9.17) is 4.74 Å². The molecule has 0 saturated carbocycles. The third-order valence-electron chi connectivity index (χ3n) is 3.72. The lowest BCUT2D eigenvalue weighted by atomic mass is 9.85. The highest BCUT2D eigenvalue weighted by Crippen LogP contribution is 2.30. The van der Waals surface area contributed by atoms with Crippen LogP contribution in [0.4, 0.5) is 0 Å². The minimum Gasteiger partial charge on any atom is -0.374 e. The van der Waals surface area contributed by atoms with Gasteiger partial charge in [-0.2, -0.15) is 0 Å². The first-order valence-electron chi connectivity index (χ1n) is 7.10. The molecule has 16 heavy (non-hydrogen) atoms. The zero-order chi connectivity index (χ0) is 11.9. The first-order chi connectivity index (χ1) is 7.73. The maximum Gasteiger partial charge on any atom is 0.0806 e. The average molecular weight is 227 g/mol. The van der Waals surface area contributed by atoms with Gasteiger partial charge in [-0.3, -0.25) is 0 Å². The Labute approximate surface area is 101 Å². The van der Waals surface area contributed by atoms with Gasteiger partial charge in [-0.15, -0.1) is 0 Å². The van der Waals surface area contributed by atoms with Crippen molar-refractivity contribution in [1.82, 2.24) is 5.32 Å². The van der Waals surface area contributed by atoms with Crippen LogP contribution in [-0.2, 0) is 4.74 Å². The standard InChI is InChI=1S/C14H29NO/c1-4-6-9-13(15-11-5-2)14(3)10-7-8-12-16-14/h13,15H,4-12H2,1-3H3. The molecule has 1 aliphatic rings. The highest BCUT2D eigenvalue weighted by atomic mass is 16.5. The molecule has 1 fully saturated rings. The SMILES string of the molecule is CCCCC(NCCC)C1(C)CCCCO1. The van der Waals surface area contributed by atoms with Gasteiger partial charge in [0.2, 0.25) is 0 Å². The van der Waals surface area contributed by atoms with E-state index in [1.165, 1.54) is 44.9 Å². The largest absolute Gasteiger partial charge is 0.374 e. The van der Waals surface area contributed by atoms with E-state index in [2.05, 4.69) is 26.1 Å². The lowest BCUT2D eigenvalue weighted by Gasteiger charge is -2.41. The highest BCUT2D eigenvalue weighted by molar-refractivity contribution is 4.91. The van der Waals surface area contributed by atoms with Crippen molar-refractivity contribution < 1.29 is 4.74 Å². The first-order valence-corrected chi connectivity index (χ1v) is 7.10. The van der Waals surface area contributed by atoms with Crippen molar-refractivity contribution in [3.8, 4) is 0 Å². The molecule has 0 aromatic heterocycles. The summed E-state index contributed by atoms with van der Waals surface area (Å²) >= 11 is 0. The molecule has 0 aromatic rings. The van der Waals surface area contributed by atoms with Crippen molar-refractivity contribution in [2.45, 2.75) is 77.4 Å². The third-order valence-corrected chi connectivity index (χ3v) is 3.72. The van der Waals surface area contributed by atoms with Gasteiger partial charge in [0, 0.05) is 12.6 Å². The highest BCUT2D eigenvalue weighted by Gasteiger charge is 2.35. The molecule has 0 bridgehead atoms. The predicted octanol–water partition coefficient (Wildman–Crippen LogP) is 3.50. The number of ether oxygens (including phenoxy) is 1. The quantitative estimate of drug-likeness (QED) is 0.718. The fourth-order valence-electron chi connectivity index (χ4n) is 2.58. The second-order valence-electron chi connectivity index (χ2n) is 5.27. The molecule has 2 unspecified atom stereocenters. The van der Waals surface area contributed by atoms with Gasteiger partial charge in [-0.1, -0.05) is 26.7 Å². The fourth-order valence-corrected chi connectivity index (χ4v) is 2.58. The van der Waals surface area contributed by atoms with Gasteiger partial charge in [0.05, 0.1) is 5.60 Å². The molecule has 2 nitrogen and oxygen atoms in total. The normalized spacial score (nSPS) is 27.9. The average Bonchev–Trinajstić information content (AvgIpc) is 2.30. The van der Waals surface area contributed by atoms with Gasteiger partial charge in [0.25, 0.3) is 0 Å². The third kappa shape index (κ3) is 4.06. The fraction of sp³-hybridized carbons (Fsp3) is 1.00. The Hall–Kier alpha value is -0.0800. The summed E-state index contributed by atoms with van der Waals surface area (Å²) < 4.78 is 6.06. The van der Waals surface area contributed by atoms with Crippen LogP contribution in [0.2, 0.25) is 0 Å². The van der Waals surface area contributed by atoms with Gasteiger partial charge >= 0.3 is 0 Å². The molecule has 0 amide bonds. The molecule has 1 heterocycles. The monoisotopic (exact) mass is 227 g/mol. The Balaban J connectivity index is 2.50. The second-order valence-corrected chi connectivity index (χ2v) is 5.27. The summed E-state index contributed by atoms with van der Waals surface area (Å²) in [5.74, 6) is 0. The predicted molar refractivity (Wildman–Crippen MR) is 69.8 cm³/mol. The molecular weight excluding hydrogens is 198 g/mol. The van der Waals surface area contributed by atoms with Crippen molar-refractivity contribution in [2.75, 3.05) is 13.2 Å². The molecule has 2 atom stereocenters. The van der Waals surface area contributed by atoms with E-state index >= 15 is 0 Å². The van der Waals surface area contributed by atoms with Crippen LogP contribution in [0.5, 0.6) is 0 Å². The Bertz CT molecular complexity index is 168. The number of rotatable bonds is 7. The van der Waals surface area contributed by atoms with E-state index in [1.54, 1.807) is 0 Å². The molecule has 2 heteroatoms. The molecule has 0 spiro atoms. The maximum absolute atomic E-state index is 6.06. The summed E-state index contributed by atoms with van der Waals surface area (Å²) in [6, 6.07) is 0.549. The zero-order valence-electron chi connectivity index (χ0n) is 11.3. The Morgan fingerprint density at radius 2 is 2.06 bits per heavy atom. The van der Waals surface area contributed by atoms with E-state index in [0.717, 1.165) is 13.2 Å². The Kier molecular flexibility index (Phi) is 6.37. The summed E-state index contributed by atoms with van der Waals surface area (Å²) in [5, 5.41) is 3.69. The van der Waals surface area contributed by atoms with E-state index in [-0.39, 0.29) is 5.60 Å². The van der Waals surface area contributed by atoms with Crippen molar-refractivity contribution >= 4 is 0 Å². The summed E-state index contributed by atoms with van der Waals surface area (Å²) in [5.41, 5.74) is 0.0859. The van der Waals surface area contributed by atoms with Gasteiger partial charge < -0.3 is 10.1 Å². The lowest BCUT2D eigenvalue weighted by Crippen LogP contribution is -2.52. The molecule has 0 aliphatic carbocycles. The number of hydrogen-bond donors (Lipinski definition) is 1. The Morgan fingerprint density at radius 3 is 2.62 bits per heavy atom. The molecule has 0 radical (unpaired) electrons. The van der Waals surface area contributed by atoms with Crippen LogP contribution in [0.3, 0.4) is 0 Å². The molecule has 1 saturated heterocycles. The first kappa shape index (κ1) is 14.0. The summed E-state index contributed by atoms with van der Waals surface area (Å²) in [6.07, 6.45) is 8.83. The van der Waals surface area contributed by atoms with Crippen LogP contribution in [0.25, 0.3) is 0 Å². The second kappa shape index (κ2) is 7.29. The van der Waals surface area contributed by atoms with Crippen molar-refractivity contribution in [3.05, 3.63) is 0 Å². The lowest BCUT2D eigenvalue weighted by molar-refractivity contribution is -0.0902. The molecule has 96 valence electrons. The van der Waals surface area contributed by atoms with Crippen LogP contribution < -0.4 is 5.32 Å². The van der Waals surface area contributed by atoms with Crippen LogP contribution >= 0.6 is 0 Å². The Morgan fingerprint density at radius 1 is 1.25 bits per heavy atom. The molecule has 0 aromatic carbocycles. The zero-order valence-corrected chi connectivity index (χ0v) is 11.3. The minimum absolute atomic E-state index is 0.0859. The number of unbranched alkanes of at least 4 members (excludes halogenated alkanes) is 1. The molecule has 1 aliphatic heterocycles. The number of nitrogens with one attached hydrogen (secondary N) is 1. The number of hydrogen-bond acceptors (Lipinski definition) is 2. The summed E-state index contributed by atoms with van der Waals surface area (Å²) in [6.45, 7) is 8.87. The summed E-state index contributed by atoms with van der Waals surface area (Å²) in [4.78, 5) is 0. The van der Waals surface area contributed by atoms with Gasteiger partial charge in [0.1, 0.15) is 0 Å². The van der Waals surface area contributed by atoms with E-state index in [1.807, 2.05) is 0 Å². The molecule has 1 rings (SSSR count). The minimum atomic E-state index is 0.0859. The van der Waals surface area contributed by atoms with Crippen molar-refractivity contribution in [1.29, 1.82) is 0 Å². The van der Waals surface area contributed by atoms with Gasteiger partial charge in [-0.25, -0.2) is 0 Å². The molecule has 1 N–H and O–H groups in total. The van der Waals surface area contributed by atoms with Crippen LogP contribution in [0.15, 0.2) is 0 Å².